The van der Waals surface area contributed by atoms with Crippen LogP contribution in [0.2, 0.25) is 5.02 Å². The van der Waals surface area contributed by atoms with Gasteiger partial charge in [0.05, 0.1) is 23.7 Å². The predicted molar refractivity (Wildman–Crippen MR) is 108 cm³/mol. The lowest BCUT2D eigenvalue weighted by molar-refractivity contribution is 0.407. The average molecular weight is 394 g/mol. The first kappa shape index (κ1) is 16.7. The largest absolute Gasteiger partial charge is 0.506 e. The van der Waals surface area contributed by atoms with Gasteiger partial charge in [0.25, 0.3) is 0 Å². The Hall–Kier alpha value is -3.45. The molecule has 0 saturated carbocycles. The summed E-state index contributed by atoms with van der Waals surface area (Å²) in [5.74, 6) is 0.662. The van der Waals surface area contributed by atoms with Crippen LogP contribution < -0.4 is 15.8 Å². The van der Waals surface area contributed by atoms with Crippen molar-refractivity contribution in [2.24, 2.45) is 0 Å². The number of aromatic hydroxyl groups is 1. The number of methoxy groups -OCH3 is 1. The number of hydrogen-bond acceptors (Lipinski definition) is 6. The lowest BCUT2D eigenvalue weighted by atomic mass is 9.99. The number of nitrogens with one attached hydrogen (secondary N) is 1. The number of ether oxygens (including phenoxy) is 1. The Kier molecular flexibility index (Phi) is 3.60. The second kappa shape index (κ2) is 6.03. The minimum Gasteiger partial charge on any atom is -0.506 e. The highest BCUT2D eigenvalue weighted by molar-refractivity contribution is 6.33. The summed E-state index contributed by atoms with van der Waals surface area (Å²) in [6.45, 7) is 0. The molecular formula is C20H16ClN5O2. The van der Waals surface area contributed by atoms with E-state index in [4.69, 9.17) is 22.1 Å². The third kappa shape index (κ3) is 2.36. The van der Waals surface area contributed by atoms with Crippen LogP contribution in [0.25, 0.3) is 16.8 Å². The van der Waals surface area contributed by atoms with E-state index in [-0.39, 0.29) is 22.8 Å². The molecule has 1 aliphatic heterocycles. The van der Waals surface area contributed by atoms with Crippen molar-refractivity contribution >= 4 is 28.8 Å². The SMILES string of the molecule is COc1cc(O)c(Cl)c(C2Nc3ccccc3-c3nc(N)nn4ccc2c34)c1. The summed E-state index contributed by atoms with van der Waals surface area (Å²) >= 11 is 6.49. The maximum absolute atomic E-state index is 10.3. The second-order valence-corrected chi connectivity index (χ2v) is 6.93. The lowest BCUT2D eigenvalue weighted by Gasteiger charge is -2.21. The number of anilines is 2. The Labute approximate surface area is 165 Å². The molecule has 5 rings (SSSR count). The van der Waals surface area contributed by atoms with Gasteiger partial charge < -0.3 is 20.9 Å². The number of fused-ring (bicyclic) bond motifs is 2. The third-order valence-electron chi connectivity index (χ3n) is 4.95. The van der Waals surface area contributed by atoms with Crippen LogP contribution in [0.4, 0.5) is 11.6 Å². The van der Waals surface area contributed by atoms with Gasteiger partial charge in [-0.15, -0.1) is 5.10 Å². The molecule has 3 heterocycles. The average Bonchev–Trinajstić information content (AvgIpc) is 3.05. The number of phenols is 1. The highest BCUT2D eigenvalue weighted by Crippen LogP contribution is 2.45. The first-order valence-corrected chi connectivity index (χ1v) is 9.01. The fraction of sp³-hybridized carbons (Fsp3) is 0.100. The van der Waals surface area contributed by atoms with Crippen LogP contribution in [-0.2, 0) is 0 Å². The van der Waals surface area contributed by atoms with Crippen LogP contribution in [0.15, 0.2) is 48.7 Å². The van der Waals surface area contributed by atoms with E-state index < -0.39 is 0 Å². The number of nitrogens with two attached hydrogens (primary N) is 1. The van der Waals surface area contributed by atoms with Gasteiger partial charge in [-0.25, -0.2) is 9.50 Å². The summed E-state index contributed by atoms with van der Waals surface area (Å²) in [6.07, 6.45) is 1.84. The van der Waals surface area contributed by atoms with E-state index in [0.717, 1.165) is 28.0 Å². The Morgan fingerprint density at radius 3 is 2.86 bits per heavy atom. The van der Waals surface area contributed by atoms with Crippen molar-refractivity contribution in [3.8, 4) is 22.8 Å². The van der Waals surface area contributed by atoms with Gasteiger partial charge in [-0.1, -0.05) is 29.8 Å². The summed E-state index contributed by atoms with van der Waals surface area (Å²) in [6, 6.07) is 12.7. The first-order valence-electron chi connectivity index (χ1n) is 8.64. The molecule has 4 aromatic rings. The second-order valence-electron chi connectivity index (χ2n) is 6.56. The topological polar surface area (TPSA) is 97.7 Å². The molecule has 0 aliphatic carbocycles. The number of halogens is 1. The van der Waals surface area contributed by atoms with Crippen molar-refractivity contribution in [1.29, 1.82) is 0 Å². The number of rotatable bonds is 2. The maximum atomic E-state index is 10.3. The molecule has 0 spiro atoms. The van der Waals surface area contributed by atoms with Gasteiger partial charge in [-0.05, 0) is 18.2 Å². The Morgan fingerprint density at radius 1 is 1.21 bits per heavy atom. The minimum absolute atomic E-state index is 0.0421. The van der Waals surface area contributed by atoms with Gasteiger partial charge in [-0.2, -0.15) is 0 Å². The molecule has 8 heteroatoms. The van der Waals surface area contributed by atoms with Crippen LogP contribution in [0.1, 0.15) is 17.2 Å². The van der Waals surface area contributed by atoms with E-state index >= 15 is 0 Å². The molecule has 0 amide bonds. The molecule has 28 heavy (non-hydrogen) atoms. The Bertz CT molecular complexity index is 1240. The molecule has 1 atom stereocenters. The van der Waals surface area contributed by atoms with Gasteiger partial charge >= 0.3 is 0 Å². The molecule has 0 radical (unpaired) electrons. The van der Waals surface area contributed by atoms with Crippen molar-refractivity contribution in [3.63, 3.8) is 0 Å². The van der Waals surface area contributed by atoms with Gasteiger partial charge in [-0.3, -0.25) is 0 Å². The van der Waals surface area contributed by atoms with Crippen LogP contribution >= 0.6 is 11.6 Å². The van der Waals surface area contributed by atoms with Gasteiger partial charge in [0.1, 0.15) is 17.2 Å². The quantitative estimate of drug-likeness (QED) is 0.478. The third-order valence-corrected chi connectivity index (χ3v) is 5.37. The first-order chi connectivity index (χ1) is 13.6. The molecule has 140 valence electrons. The zero-order valence-electron chi connectivity index (χ0n) is 14.8. The van der Waals surface area contributed by atoms with Crippen molar-refractivity contribution in [3.05, 3.63) is 64.8 Å². The molecule has 0 fully saturated rings. The number of phenolic OH excluding ortho intramolecular Hbond substituents is 1. The number of para-hydroxylation sites is 1. The summed E-state index contributed by atoms with van der Waals surface area (Å²) in [5, 5.41) is 18.4. The minimum atomic E-state index is -0.354. The summed E-state index contributed by atoms with van der Waals surface area (Å²) < 4.78 is 7.05. The van der Waals surface area contributed by atoms with E-state index in [2.05, 4.69) is 15.4 Å². The van der Waals surface area contributed by atoms with Gasteiger partial charge in [0.2, 0.25) is 5.95 Å². The zero-order valence-corrected chi connectivity index (χ0v) is 15.6. The highest BCUT2D eigenvalue weighted by atomic mass is 35.5. The molecule has 4 N–H and O–H groups in total. The van der Waals surface area contributed by atoms with Gasteiger partial charge in [0, 0.05) is 34.6 Å². The lowest BCUT2D eigenvalue weighted by Crippen LogP contribution is -2.12. The van der Waals surface area contributed by atoms with E-state index in [1.807, 2.05) is 42.6 Å². The van der Waals surface area contributed by atoms with Crippen LogP contribution in [0.5, 0.6) is 11.5 Å². The molecular weight excluding hydrogens is 378 g/mol. The summed E-state index contributed by atoms with van der Waals surface area (Å²) in [5.41, 5.74) is 10.9. The standard InChI is InChI=1S/C20H16ClN5O2/c1-28-10-8-13(16(21)15(27)9-10)17-12-6-7-26-19(12)18(24-20(22)25-26)11-4-2-3-5-14(11)23-17/h2-9,17,23,27H,1H3,(H2,22,25). The van der Waals surface area contributed by atoms with E-state index in [9.17, 15) is 5.11 Å². The molecule has 0 saturated heterocycles. The van der Waals surface area contributed by atoms with Crippen molar-refractivity contribution in [2.45, 2.75) is 6.04 Å². The van der Waals surface area contributed by atoms with Crippen LogP contribution in [0, 0.1) is 0 Å². The van der Waals surface area contributed by atoms with Crippen LogP contribution in [0.3, 0.4) is 0 Å². The number of aromatic nitrogens is 3. The zero-order chi connectivity index (χ0) is 19.4. The van der Waals surface area contributed by atoms with Crippen molar-refractivity contribution < 1.29 is 9.84 Å². The van der Waals surface area contributed by atoms with Crippen LogP contribution in [-0.4, -0.2) is 26.8 Å². The fourth-order valence-corrected chi connectivity index (χ4v) is 3.93. The Balaban J connectivity index is 1.85. The Morgan fingerprint density at radius 2 is 2.04 bits per heavy atom. The van der Waals surface area contributed by atoms with Crippen molar-refractivity contribution in [2.75, 3.05) is 18.2 Å². The normalized spacial score (nSPS) is 15.0. The smallest absolute Gasteiger partial charge is 0.238 e. The number of nitrogen functional groups attached to an aromatic ring is 1. The number of benzene rings is 2. The predicted octanol–water partition coefficient (Wildman–Crippen LogP) is 3.86. The monoisotopic (exact) mass is 393 g/mol. The number of hydrogen-bond donors (Lipinski definition) is 3. The van der Waals surface area contributed by atoms with E-state index in [1.165, 1.54) is 6.07 Å². The fourth-order valence-electron chi connectivity index (χ4n) is 3.71. The summed E-state index contributed by atoms with van der Waals surface area (Å²) in [4.78, 5) is 4.51. The molecule has 7 nitrogen and oxygen atoms in total. The highest BCUT2D eigenvalue weighted by Gasteiger charge is 2.29. The number of nitrogens with zero attached hydrogens (tertiary/aromatic N) is 3. The molecule has 1 aliphatic rings. The van der Waals surface area contributed by atoms with E-state index in [0.29, 0.717) is 11.3 Å². The molecule has 0 bridgehead atoms. The van der Waals surface area contributed by atoms with E-state index in [1.54, 1.807) is 11.6 Å². The van der Waals surface area contributed by atoms with Crippen molar-refractivity contribution in [1.82, 2.24) is 14.6 Å². The molecule has 2 aromatic carbocycles. The maximum Gasteiger partial charge on any atom is 0.238 e. The van der Waals surface area contributed by atoms with Gasteiger partial charge in [0.15, 0.2) is 0 Å². The molecule has 2 aromatic heterocycles. The molecule has 1 unspecified atom stereocenters. The summed E-state index contributed by atoms with van der Waals surface area (Å²) in [7, 11) is 1.55.